The van der Waals surface area contributed by atoms with Crippen molar-refractivity contribution in [2.75, 3.05) is 13.1 Å². The third kappa shape index (κ3) is 3.83. The highest BCUT2D eigenvalue weighted by Gasteiger charge is 2.32. The van der Waals surface area contributed by atoms with Crippen molar-refractivity contribution in [3.63, 3.8) is 0 Å². The van der Waals surface area contributed by atoms with Gasteiger partial charge in [-0.05, 0) is 36.0 Å². The second-order valence-electron chi connectivity index (χ2n) is 6.94. The van der Waals surface area contributed by atoms with Gasteiger partial charge in [-0.1, -0.05) is 66.7 Å². The number of benzene rings is 2. The normalized spacial score (nSPS) is 19.1. The molecule has 1 heterocycles. The van der Waals surface area contributed by atoms with Crippen LogP contribution in [0.5, 0.6) is 0 Å². The zero-order chi connectivity index (χ0) is 17.1. The first-order valence-corrected chi connectivity index (χ1v) is 9.15. The van der Waals surface area contributed by atoms with Crippen LogP contribution in [0.1, 0.15) is 36.4 Å². The zero-order valence-electron chi connectivity index (χ0n) is 14.4. The number of nitrogens with one attached hydrogen (secondary N) is 1. The van der Waals surface area contributed by atoms with E-state index in [1.165, 1.54) is 11.1 Å². The lowest BCUT2D eigenvalue weighted by Gasteiger charge is -2.33. The van der Waals surface area contributed by atoms with Crippen molar-refractivity contribution >= 4 is 11.5 Å². The van der Waals surface area contributed by atoms with Crippen molar-refractivity contribution < 1.29 is 4.79 Å². The molecule has 1 aliphatic heterocycles. The van der Waals surface area contributed by atoms with Crippen LogP contribution in [0, 0.1) is 0 Å². The number of carbonyl (C=O) groups excluding carboxylic acids is 1. The quantitative estimate of drug-likeness (QED) is 0.903. The van der Waals surface area contributed by atoms with Crippen molar-refractivity contribution in [1.29, 1.82) is 0 Å². The molecule has 2 aliphatic rings. The summed E-state index contributed by atoms with van der Waals surface area (Å²) in [5.74, 6) is 0.144. The highest BCUT2D eigenvalue weighted by Crippen LogP contribution is 2.29. The van der Waals surface area contributed by atoms with E-state index < -0.39 is 0 Å². The van der Waals surface area contributed by atoms with Gasteiger partial charge in [0.2, 0.25) is 5.91 Å². The van der Waals surface area contributed by atoms with E-state index >= 15 is 0 Å². The van der Waals surface area contributed by atoms with Crippen LogP contribution >= 0.6 is 0 Å². The Hall–Kier alpha value is -2.39. The van der Waals surface area contributed by atoms with Gasteiger partial charge < -0.3 is 5.32 Å². The summed E-state index contributed by atoms with van der Waals surface area (Å²) in [6.45, 7) is 1.71. The van der Waals surface area contributed by atoms with Crippen molar-refractivity contribution in [3.05, 3.63) is 77.9 Å². The first-order chi connectivity index (χ1) is 12.3. The molecule has 1 amide bonds. The Morgan fingerprint density at radius 1 is 1.00 bits per heavy atom. The fourth-order valence-corrected chi connectivity index (χ4v) is 3.50. The zero-order valence-corrected chi connectivity index (χ0v) is 14.4. The Kier molecular flexibility index (Phi) is 4.66. The smallest absolute Gasteiger partial charge is 0.242 e. The van der Waals surface area contributed by atoms with Gasteiger partial charge in [-0.25, -0.2) is 0 Å². The molecule has 3 nitrogen and oxygen atoms in total. The fraction of sp³-hybridized carbons (Fsp3) is 0.318. The molecule has 0 saturated heterocycles. The van der Waals surface area contributed by atoms with E-state index in [-0.39, 0.29) is 11.9 Å². The van der Waals surface area contributed by atoms with Crippen LogP contribution in [0.4, 0.5) is 0 Å². The molecule has 1 N–H and O–H groups in total. The molecule has 0 radical (unpaired) electrons. The van der Waals surface area contributed by atoms with E-state index in [4.69, 9.17) is 0 Å². The topological polar surface area (TPSA) is 32.3 Å². The van der Waals surface area contributed by atoms with Crippen LogP contribution in [0.3, 0.4) is 0 Å². The molecule has 1 fully saturated rings. The lowest BCUT2D eigenvalue weighted by Crippen LogP contribution is -2.43. The third-order valence-electron chi connectivity index (χ3n) is 5.04. The van der Waals surface area contributed by atoms with Gasteiger partial charge in [-0.3, -0.25) is 9.69 Å². The first kappa shape index (κ1) is 16.1. The highest BCUT2D eigenvalue weighted by molar-refractivity contribution is 5.84. The average molecular weight is 332 g/mol. The Balaban J connectivity index is 1.54. The van der Waals surface area contributed by atoms with Gasteiger partial charge in [-0.2, -0.15) is 0 Å². The molecular formula is C22H24N2O. The van der Waals surface area contributed by atoms with Gasteiger partial charge >= 0.3 is 0 Å². The second kappa shape index (κ2) is 7.24. The van der Waals surface area contributed by atoms with Gasteiger partial charge in [0.25, 0.3) is 0 Å². The van der Waals surface area contributed by atoms with Crippen LogP contribution < -0.4 is 5.32 Å². The Labute approximate surface area is 149 Å². The number of amides is 1. The Morgan fingerprint density at radius 3 is 2.28 bits per heavy atom. The monoisotopic (exact) mass is 332 g/mol. The minimum Gasteiger partial charge on any atom is -0.352 e. The van der Waals surface area contributed by atoms with Crippen LogP contribution in [0.25, 0.3) is 5.57 Å². The maximum absolute atomic E-state index is 12.9. The predicted octanol–water partition coefficient (Wildman–Crippen LogP) is 3.80. The molecule has 2 aromatic carbocycles. The first-order valence-electron chi connectivity index (χ1n) is 9.15. The number of nitrogens with zero attached hydrogens (tertiary/aromatic N) is 1. The standard InChI is InChI=1S/C22H24N2O/c25-22(23-20-11-12-20)21(19-9-5-2-6-10-19)24-15-13-18(14-16-24)17-7-3-1-4-8-17/h1-10,13,20-21H,11-12,14-16H2,(H,23,25)/t21-/m1/s1. The molecule has 0 spiro atoms. The van der Waals surface area contributed by atoms with Gasteiger partial charge in [-0.15, -0.1) is 0 Å². The van der Waals surface area contributed by atoms with Crippen LogP contribution in [-0.4, -0.2) is 29.9 Å². The Morgan fingerprint density at radius 2 is 1.68 bits per heavy atom. The molecule has 4 rings (SSSR count). The molecule has 128 valence electrons. The van der Waals surface area contributed by atoms with E-state index in [1.807, 2.05) is 24.3 Å². The number of rotatable bonds is 5. The lowest BCUT2D eigenvalue weighted by atomic mass is 9.96. The molecule has 1 aliphatic carbocycles. The molecular weight excluding hydrogens is 308 g/mol. The van der Waals surface area contributed by atoms with Crippen LogP contribution in [-0.2, 0) is 4.79 Å². The van der Waals surface area contributed by atoms with Gasteiger partial charge in [0.05, 0.1) is 0 Å². The van der Waals surface area contributed by atoms with Crippen molar-refractivity contribution in [3.8, 4) is 0 Å². The van der Waals surface area contributed by atoms with Gasteiger partial charge in [0.1, 0.15) is 6.04 Å². The van der Waals surface area contributed by atoms with Crippen molar-refractivity contribution in [2.24, 2.45) is 0 Å². The molecule has 1 atom stereocenters. The number of carbonyl (C=O) groups is 1. The number of hydrogen-bond acceptors (Lipinski definition) is 2. The van der Waals surface area contributed by atoms with E-state index in [0.717, 1.165) is 37.9 Å². The van der Waals surface area contributed by atoms with E-state index in [1.54, 1.807) is 0 Å². The summed E-state index contributed by atoms with van der Waals surface area (Å²) in [5.41, 5.74) is 3.75. The molecule has 0 aromatic heterocycles. The predicted molar refractivity (Wildman–Crippen MR) is 101 cm³/mol. The minimum atomic E-state index is -0.199. The fourth-order valence-electron chi connectivity index (χ4n) is 3.50. The highest BCUT2D eigenvalue weighted by atomic mass is 16.2. The summed E-state index contributed by atoms with van der Waals surface area (Å²) in [6, 6.07) is 20.9. The minimum absolute atomic E-state index is 0.144. The largest absolute Gasteiger partial charge is 0.352 e. The van der Waals surface area contributed by atoms with Gasteiger partial charge in [0.15, 0.2) is 0 Å². The second-order valence-corrected chi connectivity index (χ2v) is 6.94. The number of hydrogen-bond donors (Lipinski definition) is 1. The molecule has 0 bridgehead atoms. The van der Waals surface area contributed by atoms with Crippen molar-refractivity contribution in [2.45, 2.75) is 31.3 Å². The van der Waals surface area contributed by atoms with Gasteiger partial charge in [0, 0.05) is 19.1 Å². The third-order valence-corrected chi connectivity index (χ3v) is 5.04. The summed E-state index contributed by atoms with van der Waals surface area (Å²) >= 11 is 0. The SMILES string of the molecule is O=C(NC1CC1)[C@@H](c1ccccc1)N1CC=C(c2ccccc2)CC1. The lowest BCUT2D eigenvalue weighted by molar-refractivity contribution is -0.126. The summed E-state index contributed by atoms with van der Waals surface area (Å²) in [4.78, 5) is 15.2. The van der Waals surface area contributed by atoms with E-state index in [2.05, 4.69) is 52.7 Å². The molecule has 0 unspecified atom stereocenters. The molecule has 3 heteroatoms. The van der Waals surface area contributed by atoms with E-state index in [0.29, 0.717) is 6.04 Å². The summed E-state index contributed by atoms with van der Waals surface area (Å²) in [6.07, 6.45) is 5.49. The molecule has 1 saturated carbocycles. The molecule has 2 aromatic rings. The summed E-state index contributed by atoms with van der Waals surface area (Å²) in [7, 11) is 0. The summed E-state index contributed by atoms with van der Waals surface area (Å²) < 4.78 is 0. The maximum atomic E-state index is 12.9. The summed E-state index contributed by atoms with van der Waals surface area (Å²) in [5, 5.41) is 3.19. The average Bonchev–Trinajstić information content (AvgIpc) is 3.48. The Bertz CT molecular complexity index is 750. The maximum Gasteiger partial charge on any atom is 0.242 e. The van der Waals surface area contributed by atoms with Crippen LogP contribution in [0.2, 0.25) is 0 Å². The van der Waals surface area contributed by atoms with Crippen LogP contribution in [0.15, 0.2) is 66.7 Å². The van der Waals surface area contributed by atoms with Crippen molar-refractivity contribution in [1.82, 2.24) is 10.2 Å². The van der Waals surface area contributed by atoms with E-state index in [9.17, 15) is 4.79 Å². The molecule has 25 heavy (non-hydrogen) atoms.